The van der Waals surface area contributed by atoms with Gasteiger partial charge in [-0.2, -0.15) is 0 Å². The highest BCUT2D eigenvalue weighted by Crippen LogP contribution is 2.41. The third kappa shape index (κ3) is 3.82. The molecule has 8 nitrogen and oxygen atoms in total. The maximum absolute atomic E-state index is 11.7. The molecule has 0 fully saturated rings. The number of phenols is 2. The summed E-state index contributed by atoms with van der Waals surface area (Å²) in [5, 5.41) is 40.1. The third-order valence-electron chi connectivity index (χ3n) is 4.20. The van der Waals surface area contributed by atoms with Crippen LogP contribution in [-0.4, -0.2) is 40.9 Å². The molecular weight excluding hydrogens is 400 g/mol. The number of carbonyl (C=O) groups excluding carboxylic acids is 1. The second-order valence-corrected chi connectivity index (χ2v) is 6.93. The summed E-state index contributed by atoms with van der Waals surface area (Å²) in [6, 6.07) is 7.59. The first kappa shape index (κ1) is 20.1. The smallest absolute Gasteiger partial charge is 0.336 e. The van der Waals surface area contributed by atoms with Crippen molar-refractivity contribution in [2.75, 3.05) is 0 Å². The fourth-order valence-electron chi connectivity index (χ4n) is 2.94. The van der Waals surface area contributed by atoms with Crippen molar-refractivity contribution in [1.82, 2.24) is 0 Å². The molecule has 0 heterocycles. The molecule has 0 aliphatic heterocycles. The first-order chi connectivity index (χ1) is 13.7. The lowest BCUT2D eigenvalue weighted by molar-refractivity contribution is -0.110. The fourth-order valence-corrected chi connectivity index (χ4v) is 3.40. The van der Waals surface area contributed by atoms with E-state index in [1.54, 1.807) is 0 Å². The van der Waals surface area contributed by atoms with Crippen LogP contribution in [0.25, 0.3) is 5.57 Å². The number of hydrogen-bond donors (Lipinski definition) is 5. The minimum absolute atomic E-state index is 0.00830. The summed E-state index contributed by atoms with van der Waals surface area (Å²) < 4.78 is 21.0. The lowest BCUT2D eigenvalue weighted by Gasteiger charge is -2.19. The van der Waals surface area contributed by atoms with E-state index in [4.69, 9.17) is 0 Å². The molecule has 0 bridgehead atoms. The highest BCUT2D eigenvalue weighted by Gasteiger charge is 2.25. The highest BCUT2D eigenvalue weighted by molar-refractivity contribution is 7.79. The Morgan fingerprint density at radius 3 is 2.14 bits per heavy atom. The molecule has 2 aromatic rings. The van der Waals surface area contributed by atoms with Gasteiger partial charge in [0, 0.05) is 28.9 Å². The van der Waals surface area contributed by atoms with Crippen LogP contribution in [0.5, 0.6) is 11.5 Å². The number of aliphatic hydroxyl groups excluding tert-OH is 1. The number of hydrogen-bond acceptors (Lipinski definition) is 6. The number of aliphatic hydroxyl groups is 1. The second-order valence-electron chi connectivity index (χ2n) is 5.99. The quantitative estimate of drug-likeness (QED) is 0.479. The summed E-state index contributed by atoms with van der Waals surface area (Å²) in [5.41, 5.74) is -0.224. The van der Waals surface area contributed by atoms with E-state index < -0.39 is 45.0 Å². The molecular formula is C20H14O8S. The molecule has 2 aromatic carbocycles. The molecule has 0 radical (unpaired) electrons. The van der Waals surface area contributed by atoms with Crippen LogP contribution in [-0.2, 0) is 15.9 Å². The van der Waals surface area contributed by atoms with Gasteiger partial charge in [-0.15, -0.1) is 0 Å². The zero-order valence-electron chi connectivity index (χ0n) is 14.6. The molecule has 0 aromatic heterocycles. The Labute approximate surface area is 166 Å². The molecule has 1 atom stereocenters. The predicted octanol–water partition coefficient (Wildman–Crippen LogP) is 2.76. The Hall–Kier alpha value is -3.69. The van der Waals surface area contributed by atoms with Crippen molar-refractivity contribution in [1.29, 1.82) is 0 Å². The molecule has 0 saturated heterocycles. The van der Waals surface area contributed by atoms with Gasteiger partial charge in [0.1, 0.15) is 22.2 Å². The lowest BCUT2D eigenvalue weighted by atomic mass is 9.87. The average molecular weight is 414 g/mol. The molecule has 0 amide bonds. The van der Waals surface area contributed by atoms with Crippen LogP contribution in [0.4, 0.5) is 0 Å². The Kier molecular flexibility index (Phi) is 5.35. The van der Waals surface area contributed by atoms with E-state index in [1.165, 1.54) is 30.3 Å². The highest BCUT2D eigenvalue weighted by atomic mass is 32.2. The molecule has 0 saturated carbocycles. The van der Waals surface area contributed by atoms with Crippen molar-refractivity contribution in [3.63, 3.8) is 0 Å². The van der Waals surface area contributed by atoms with Crippen molar-refractivity contribution < 1.29 is 38.8 Å². The molecule has 9 heteroatoms. The molecule has 3 rings (SSSR count). The van der Waals surface area contributed by atoms with Crippen LogP contribution >= 0.6 is 0 Å². The van der Waals surface area contributed by atoms with E-state index in [0.29, 0.717) is 0 Å². The van der Waals surface area contributed by atoms with Gasteiger partial charge in [0.05, 0.1) is 5.56 Å². The number of carboxylic acid groups (broad SMARTS) is 1. The molecule has 1 aliphatic carbocycles. The Morgan fingerprint density at radius 1 is 0.897 bits per heavy atom. The molecule has 1 unspecified atom stereocenters. The number of carbonyl (C=O) groups is 2. The lowest BCUT2D eigenvalue weighted by Crippen LogP contribution is -2.08. The zero-order valence-corrected chi connectivity index (χ0v) is 15.4. The minimum atomic E-state index is -2.61. The maximum atomic E-state index is 11.7. The van der Waals surface area contributed by atoms with Crippen LogP contribution in [0.2, 0.25) is 0 Å². The molecule has 29 heavy (non-hydrogen) atoms. The van der Waals surface area contributed by atoms with Crippen LogP contribution in [0.1, 0.15) is 21.5 Å². The van der Waals surface area contributed by atoms with Crippen molar-refractivity contribution in [3.05, 3.63) is 82.6 Å². The number of benzene rings is 2. The first-order valence-electron chi connectivity index (χ1n) is 8.08. The SMILES string of the molecule is O=C1C=C/C(=C(\c2cc(S(=O)O)c(O)cc2O)c2ccccc2C(=O)O)C(O)=C1. The zero-order chi connectivity index (χ0) is 21.3. The van der Waals surface area contributed by atoms with E-state index in [9.17, 15) is 38.8 Å². The van der Waals surface area contributed by atoms with Crippen molar-refractivity contribution in [3.8, 4) is 11.5 Å². The van der Waals surface area contributed by atoms with Crippen LogP contribution in [0, 0.1) is 0 Å². The summed E-state index contributed by atoms with van der Waals surface area (Å²) in [6.07, 6.45) is 3.30. The Morgan fingerprint density at radius 2 is 1.55 bits per heavy atom. The summed E-state index contributed by atoms with van der Waals surface area (Å²) in [4.78, 5) is 22.8. The Balaban J connectivity index is 2.45. The van der Waals surface area contributed by atoms with Gasteiger partial charge >= 0.3 is 5.97 Å². The van der Waals surface area contributed by atoms with Gasteiger partial charge in [-0.3, -0.25) is 4.79 Å². The number of phenolic OH excluding ortho intramolecular Hbond substituents is 2. The average Bonchev–Trinajstić information content (AvgIpc) is 2.65. The molecule has 0 spiro atoms. The first-order valence-corrected chi connectivity index (χ1v) is 9.18. The largest absolute Gasteiger partial charge is 0.507 e. The maximum Gasteiger partial charge on any atom is 0.336 e. The molecule has 148 valence electrons. The second kappa shape index (κ2) is 7.74. The van der Waals surface area contributed by atoms with Gasteiger partial charge in [-0.05, 0) is 29.8 Å². The summed E-state index contributed by atoms with van der Waals surface area (Å²) in [7, 11) is 0. The predicted molar refractivity (Wildman–Crippen MR) is 103 cm³/mol. The topological polar surface area (TPSA) is 152 Å². The van der Waals surface area contributed by atoms with E-state index in [-0.39, 0.29) is 27.8 Å². The van der Waals surface area contributed by atoms with Crippen molar-refractivity contribution in [2.45, 2.75) is 4.90 Å². The van der Waals surface area contributed by atoms with Gasteiger partial charge in [0.25, 0.3) is 0 Å². The van der Waals surface area contributed by atoms with E-state index in [1.807, 2.05) is 0 Å². The summed E-state index contributed by atoms with van der Waals surface area (Å²) >= 11 is -2.61. The molecule has 1 aliphatic rings. The van der Waals surface area contributed by atoms with Crippen molar-refractivity contribution >= 4 is 28.4 Å². The van der Waals surface area contributed by atoms with Crippen LogP contribution < -0.4 is 0 Å². The number of carboxylic acids is 1. The molecule has 5 N–H and O–H groups in total. The van der Waals surface area contributed by atoms with E-state index in [2.05, 4.69) is 0 Å². The number of allylic oxidation sites excluding steroid dienone is 3. The summed E-state index contributed by atoms with van der Waals surface area (Å²) in [6.45, 7) is 0. The van der Waals surface area contributed by atoms with Crippen LogP contribution in [0.15, 0.2) is 70.9 Å². The number of aromatic hydroxyl groups is 2. The third-order valence-corrected chi connectivity index (χ3v) is 4.90. The van der Waals surface area contributed by atoms with Gasteiger partial charge in [-0.25, -0.2) is 9.00 Å². The number of ketones is 1. The minimum Gasteiger partial charge on any atom is -0.507 e. The van der Waals surface area contributed by atoms with E-state index in [0.717, 1.165) is 24.3 Å². The van der Waals surface area contributed by atoms with E-state index >= 15 is 0 Å². The van der Waals surface area contributed by atoms with Crippen molar-refractivity contribution in [2.24, 2.45) is 0 Å². The van der Waals surface area contributed by atoms with Gasteiger partial charge < -0.3 is 25.0 Å². The monoisotopic (exact) mass is 414 g/mol. The normalized spacial score (nSPS) is 16.3. The fraction of sp³-hybridized carbons (Fsp3) is 0. The van der Waals surface area contributed by atoms with Gasteiger partial charge in [-0.1, -0.05) is 18.2 Å². The van der Waals surface area contributed by atoms with Gasteiger partial charge in [0.2, 0.25) is 0 Å². The summed E-state index contributed by atoms with van der Waals surface area (Å²) in [5.74, 6) is -3.44. The van der Waals surface area contributed by atoms with Crippen LogP contribution in [0.3, 0.4) is 0 Å². The van der Waals surface area contributed by atoms with Gasteiger partial charge in [0.15, 0.2) is 16.9 Å². The number of aromatic carboxylic acids is 1. The Bertz CT molecular complexity index is 1160. The number of rotatable bonds is 4. The standard InChI is InChI=1S/C20H14O8S/c21-10-5-6-13(15(22)7-10)19(11-3-1-2-4-12(11)20(25)26)14-8-18(29(27)28)17(24)9-16(14)23/h1-9,22-24H,(H,25,26)(H,27,28)/b19-13+.